The van der Waals surface area contributed by atoms with Crippen molar-refractivity contribution in [3.63, 3.8) is 0 Å². The molecule has 3 atom stereocenters. The second-order valence-electron chi connectivity index (χ2n) is 5.79. The molecule has 1 aromatic carbocycles. The van der Waals surface area contributed by atoms with Crippen LogP contribution in [0.15, 0.2) is 18.2 Å². The van der Waals surface area contributed by atoms with Crippen molar-refractivity contribution in [1.29, 1.82) is 0 Å². The van der Waals surface area contributed by atoms with E-state index in [1.54, 1.807) is 0 Å². The largest absolute Gasteiger partial charge is 0.468 e. The molecule has 1 aromatic rings. The third-order valence-electron chi connectivity index (χ3n) is 4.32. The molecule has 0 amide bonds. The molecule has 2 aliphatic rings. The van der Waals surface area contributed by atoms with Crippen LogP contribution in [0.1, 0.15) is 45.2 Å². The van der Waals surface area contributed by atoms with Gasteiger partial charge in [-0.3, -0.25) is 0 Å². The summed E-state index contributed by atoms with van der Waals surface area (Å²) in [7, 11) is 0. The monoisotopic (exact) mass is 310 g/mol. The van der Waals surface area contributed by atoms with Gasteiger partial charge in [0.25, 0.3) is 0 Å². The van der Waals surface area contributed by atoms with Crippen LogP contribution < -0.4 is 10.1 Å². The average Bonchev–Trinajstić information content (AvgIpc) is 2.38. The van der Waals surface area contributed by atoms with Gasteiger partial charge in [-0.15, -0.1) is 0 Å². The number of nitrogens with zero attached hydrogens (tertiary/aromatic N) is 1. The van der Waals surface area contributed by atoms with E-state index < -0.39 is 0 Å². The summed E-state index contributed by atoms with van der Waals surface area (Å²) in [6, 6.07) is 6.31. The molecule has 1 saturated heterocycles. The van der Waals surface area contributed by atoms with Crippen molar-refractivity contribution >= 4 is 28.9 Å². The van der Waals surface area contributed by atoms with Crippen LogP contribution in [0, 0.1) is 0 Å². The fourth-order valence-corrected chi connectivity index (χ4v) is 3.91. The first-order valence-electron chi connectivity index (χ1n) is 7.03. The Labute approximate surface area is 130 Å². The van der Waals surface area contributed by atoms with Crippen molar-refractivity contribution in [1.82, 2.24) is 10.2 Å². The number of nitrogens with one attached hydrogen (secondary N) is 1. The molecule has 3 unspecified atom stereocenters. The third kappa shape index (κ3) is 2.06. The van der Waals surface area contributed by atoms with Gasteiger partial charge in [0.15, 0.2) is 10.8 Å². The molecule has 2 heterocycles. The van der Waals surface area contributed by atoms with Gasteiger partial charge in [-0.2, -0.15) is 0 Å². The lowest BCUT2D eigenvalue weighted by atomic mass is 9.89. The summed E-state index contributed by atoms with van der Waals surface area (Å²) in [6.07, 6.45) is 1.89. The van der Waals surface area contributed by atoms with Gasteiger partial charge in [-0.25, -0.2) is 0 Å². The van der Waals surface area contributed by atoms with Gasteiger partial charge in [-0.1, -0.05) is 18.5 Å². The Morgan fingerprint density at radius 1 is 1.60 bits per heavy atom. The zero-order valence-electron chi connectivity index (χ0n) is 11.9. The minimum atomic E-state index is -0.386. The van der Waals surface area contributed by atoms with Crippen LogP contribution in [0.4, 0.5) is 0 Å². The third-order valence-corrected chi connectivity index (χ3v) is 4.87. The predicted octanol–water partition coefficient (Wildman–Crippen LogP) is 3.87. The second-order valence-corrected chi connectivity index (χ2v) is 6.62. The molecule has 5 heteroatoms. The van der Waals surface area contributed by atoms with Crippen LogP contribution in [-0.4, -0.2) is 21.8 Å². The van der Waals surface area contributed by atoms with E-state index in [2.05, 4.69) is 31.0 Å². The summed E-state index contributed by atoms with van der Waals surface area (Å²) in [4.78, 5) is 2.19. The minimum Gasteiger partial charge on any atom is -0.468 e. The first kappa shape index (κ1) is 14.0. The van der Waals surface area contributed by atoms with E-state index in [0.29, 0.717) is 6.04 Å². The van der Waals surface area contributed by atoms with Crippen LogP contribution >= 0.6 is 23.8 Å². The Morgan fingerprint density at radius 3 is 3.05 bits per heavy atom. The summed E-state index contributed by atoms with van der Waals surface area (Å²) >= 11 is 11.7. The number of ether oxygens (including phenoxy) is 1. The van der Waals surface area contributed by atoms with E-state index in [4.69, 9.17) is 28.6 Å². The molecule has 3 rings (SSSR count). The molecular weight excluding hydrogens is 292 g/mol. The molecule has 0 aliphatic carbocycles. The van der Waals surface area contributed by atoms with E-state index in [-0.39, 0.29) is 11.8 Å². The zero-order valence-corrected chi connectivity index (χ0v) is 13.5. The number of hydrogen-bond acceptors (Lipinski definition) is 2. The Bertz CT molecular complexity index is 565. The first-order chi connectivity index (χ1) is 9.44. The molecule has 2 aliphatic heterocycles. The quantitative estimate of drug-likeness (QED) is 0.838. The Morgan fingerprint density at radius 2 is 2.35 bits per heavy atom. The number of hydrogen-bond donors (Lipinski definition) is 1. The maximum absolute atomic E-state index is 6.29. The molecule has 0 radical (unpaired) electrons. The van der Waals surface area contributed by atoms with Crippen LogP contribution in [0.5, 0.6) is 5.75 Å². The zero-order chi connectivity index (χ0) is 14.5. The number of fused-ring (bicyclic) bond motifs is 4. The molecule has 1 N–H and O–H groups in total. The normalized spacial score (nSPS) is 29.3. The molecule has 0 saturated carbocycles. The van der Waals surface area contributed by atoms with Gasteiger partial charge in [0, 0.05) is 23.0 Å². The van der Waals surface area contributed by atoms with Crippen LogP contribution in [-0.2, 0) is 0 Å². The fraction of sp³-hybridized carbons (Fsp3) is 0.533. The standard InChI is InChI=1S/C15H19ClN2OS/c1-4-9(2)18-14(20)17-12-8-15(18,3)19-13-6-5-10(16)7-11(12)13/h5-7,9,12H,4,8H2,1-3H3,(H,17,20). The van der Waals surface area contributed by atoms with Crippen molar-refractivity contribution in [2.45, 2.75) is 51.4 Å². The Hall–Kier alpha value is -1.00. The lowest BCUT2D eigenvalue weighted by Gasteiger charge is -2.54. The van der Waals surface area contributed by atoms with E-state index >= 15 is 0 Å². The molecule has 2 bridgehead atoms. The van der Waals surface area contributed by atoms with E-state index in [9.17, 15) is 0 Å². The number of rotatable bonds is 2. The van der Waals surface area contributed by atoms with Crippen molar-refractivity contribution in [2.24, 2.45) is 0 Å². The van der Waals surface area contributed by atoms with Crippen molar-refractivity contribution in [3.8, 4) is 5.75 Å². The first-order valence-corrected chi connectivity index (χ1v) is 7.81. The number of thiocarbonyl (C=S) groups is 1. The predicted molar refractivity (Wildman–Crippen MR) is 85.2 cm³/mol. The average molecular weight is 311 g/mol. The van der Waals surface area contributed by atoms with Gasteiger partial charge < -0.3 is 15.0 Å². The molecule has 3 nitrogen and oxygen atoms in total. The highest BCUT2D eigenvalue weighted by atomic mass is 35.5. The second kappa shape index (κ2) is 4.78. The van der Waals surface area contributed by atoms with Gasteiger partial charge in [0.1, 0.15) is 5.75 Å². The highest BCUT2D eigenvalue weighted by Crippen LogP contribution is 2.45. The highest BCUT2D eigenvalue weighted by Gasteiger charge is 2.48. The molecule has 108 valence electrons. The summed E-state index contributed by atoms with van der Waals surface area (Å²) in [6.45, 7) is 6.47. The highest BCUT2D eigenvalue weighted by molar-refractivity contribution is 7.80. The summed E-state index contributed by atoms with van der Waals surface area (Å²) in [5.74, 6) is 0.899. The van der Waals surface area contributed by atoms with Crippen molar-refractivity contribution in [2.75, 3.05) is 0 Å². The molecule has 0 aromatic heterocycles. The summed E-state index contributed by atoms with van der Waals surface area (Å²) in [5.41, 5.74) is 0.713. The van der Waals surface area contributed by atoms with Gasteiger partial charge in [0.2, 0.25) is 0 Å². The molecule has 1 fully saturated rings. The Balaban J connectivity index is 2.04. The van der Waals surface area contributed by atoms with E-state index in [1.807, 2.05) is 18.2 Å². The summed E-state index contributed by atoms with van der Waals surface area (Å²) < 4.78 is 6.29. The SMILES string of the molecule is CCC(C)N1C(=S)NC2CC1(C)Oc1ccc(Cl)cc12. The van der Waals surface area contributed by atoms with E-state index in [1.165, 1.54) is 0 Å². The van der Waals surface area contributed by atoms with Gasteiger partial charge in [-0.05, 0) is 50.7 Å². The maximum Gasteiger partial charge on any atom is 0.184 e. The van der Waals surface area contributed by atoms with Crippen molar-refractivity contribution < 1.29 is 4.74 Å². The Kier molecular flexibility index (Phi) is 3.33. The van der Waals surface area contributed by atoms with Crippen molar-refractivity contribution in [3.05, 3.63) is 28.8 Å². The fourth-order valence-electron chi connectivity index (χ4n) is 3.21. The van der Waals surface area contributed by atoms with Gasteiger partial charge >= 0.3 is 0 Å². The summed E-state index contributed by atoms with van der Waals surface area (Å²) in [5, 5.41) is 4.94. The van der Waals surface area contributed by atoms with E-state index in [0.717, 1.165) is 34.3 Å². The minimum absolute atomic E-state index is 0.176. The lowest BCUT2D eigenvalue weighted by molar-refractivity contribution is -0.0840. The smallest absolute Gasteiger partial charge is 0.184 e. The van der Waals surface area contributed by atoms with Crippen LogP contribution in [0.2, 0.25) is 5.02 Å². The molecular formula is C15H19ClN2OS. The lowest BCUT2D eigenvalue weighted by Crippen LogP contribution is -2.66. The number of halogens is 1. The van der Waals surface area contributed by atoms with Crippen LogP contribution in [0.3, 0.4) is 0 Å². The number of benzene rings is 1. The van der Waals surface area contributed by atoms with Gasteiger partial charge in [0.05, 0.1) is 6.04 Å². The van der Waals surface area contributed by atoms with Crippen LogP contribution in [0.25, 0.3) is 0 Å². The molecule has 0 spiro atoms. The molecule has 20 heavy (non-hydrogen) atoms. The topological polar surface area (TPSA) is 24.5 Å². The maximum atomic E-state index is 6.29.